The smallest absolute Gasteiger partial charge is 0.321 e. The van der Waals surface area contributed by atoms with E-state index in [4.69, 9.17) is 14.6 Å². The van der Waals surface area contributed by atoms with Gasteiger partial charge in [0.15, 0.2) is 0 Å². The number of urea groups is 1. The van der Waals surface area contributed by atoms with Crippen molar-refractivity contribution in [1.29, 1.82) is 0 Å². The van der Waals surface area contributed by atoms with E-state index in [9.17, 15) is 9.59 Å². The van der Waals surface area contributed by atoms with Gasteiger partial charge in [-0.3, -0.25) is 4.79 Å². The average Bonchev–Trinajstić information content (AvgIpc) is 3.51. The number of nitrogens with one attached hydrogen (secondary N) is 1. The van der Waals surface area contributed by atoms with Crippen molar-refractivity contribution in [3.63, 3.8) is 0 Å². The van der Waals surface area contributed by atoms with Crippen LogP contribution >= 0.6 is 0 Å². The molecule has 0 radical (unpaired) electrons. The standard InChI is InChI=1S/C42H41N5O5/c1-30(2)47-38(36-21-19-32(20-22-36)14-13-31-15-17-33(18-16-31)23-43-39(49)26-48)25-46(42(47)50)24-37-40(51-27-34-9-5-3-6-10-34)41(45-29-44-37)52-28-35-11-7-4-8-12-35/h3-12,15-22,29-30,38,48H,23-28H2,1-2H3,(H,43,49). The molecular weight excluding hydrogens is 654 g/mol. The summed E-state index contributed by atoms with van der Waals surface area (Å²) in [6, 6.07) is 35.0. The molecule has 1 aliphatic heterocycles. The van der Waals surface area contributed by atoms with Crippen LogP contribution in [0, 0.1) is 11.8 Å². The molecule has 0 spiro atoms. The second-order valence-electron chi connectivity index (χ2n) is 12.7. The Bertz CT molecular complexity index is 2010. The summed E-state index contributed by atoms with van der Waals surface area (Å²) in [5, 5.41) is 11.5. The van der Waals surface area contributed by atoms with Crippen LogP contribution in [0.5, 0.6) is 11.6 Å². The van der Waals surface area contributed by atoms with Gasteiger partial charge in [-0.2, -0.15) is 4.98 Å². The van der Waals surface area contributed by atoms with Crippen molar-refractivity contribution in [2.75, 3.05) is 13.2 Å². The number of hydrogen-bond donors (Lipinski definition) is 2. The molecule has 0 aliphatic carbocycles. The fourth-order valence-electron chi connectivity index (χ4n) is 5.93. The van der Waals surface area contributed by atoms with E-state index in [0.29, 0.717) is 43.6 Å². The second kappa shape index (κ2) is 17.2. The number of carbonyl (C=O) groups excluding carboxylic acids is 2. The van der Waals surface area contributed by atoms with E-state index in [2.05, 4.69) is 27.1 Å². The van der Waals surface area contributed by atoms with Gasteiger partial charge in [0.05, 0.1) is 12.6 Å². The topological polar surface area (TPSA) is 117 Å². The highest BCUT2D eigenvalue weighted by Gasteiger charge is 2.40. The van der Waals surface area contributed by atoms with E-state index >= 15 is 0 Å². The predicted molar refractivity (Wildman–Crippen MR) is 197 cm³/mol. The molecule has 5 aromatic rings. The molecule has 1 aliphatic rings. The lowest BCUT2D eigenvalue weighted by Crippen LogP contribution is -2.37. The van der Waals surface area contributed by atoms with Gasteiger partial charge in [0.2, 0.25) is 11.7 Å². The van der Waals surface area contributed by atoms with Crippen LogP contribution in [0.15, 0.2) is 116 Å². The van der Waals surface area contributed by atoms with E-state index in [1.54, 1.807) is 4.90 Å². The zero-order valence-corrected chi connectivity index (χ0v) is 29.2. The molecule has 52 heavy (non-hydrogen) atoms. The summed E-state index contributed by atoms with van der Waals surface area (Å²) in [6.07, 6.45) is 1.45. The summed E-state index contributed by atoms with van der Waals surface area (Å²) in [6.45, 7) is 5.15. The summed E-state index contributed by atoms with van der Waals surface area (Å²) >= 11 is 0. The Morgan fingerprint density at radius 2 is 1.42 bits per heavy atom. The summed E-state index contributed by atoms with van der Waals surface area (Å²) in [5.41, 5.74) is 6.18. The van der Waals surface area contributed by atoms with Crippen LogP contribution in [0.2, 0.25) is 0 Å². The van der Waals surface area contributed by atoms with Crippen molar-refractivity contribution in [1.82, 2.24) is 25.1 Å². The highest BCUT2D eigenvalue weighted by Crippen LogP contribution is 2.35. The molecule has 2 N–H and O–H groups in total. The molecule has 0 bridgehead atoms. The van der Waals surface area contributed by atoms with Crippen LogP contribution in [-0.2, 0) is 31.1 Å². The highest BCUT2D eigenvalue weighted by molar-refractivity contribution is 5.78. The van der Waals surface area contributed by atoms with Gasteiger partial charge in [0.1, 0.15) is 31.8 Å². The van der Waals surface area contributed by atoms with Gasteiger partial charge in [-0.1, -0.05) is 96.8 Å². The van der Waals surface area contributed by atoms with E-state index in [1.807, 2.05) is 128 Å². The lowest BCUT2D eigenvalue weighted by Gasteiger charge is -2.27. The number of rotatable bonds is 13. The molecule has 4 aromatic carbocycles. The number of nitrogens with zero attached hydrogens (tertiary/aromatic N) is 4. The molecule has 264 valence electrons. The van der Waals surface area contributed by atoms with Crippen LogP contribution in [0.3, 0.4) is 0 Å². The Kier molecular flexibility index (Phi) is 11.8. The first kappa shape index (κ1) is 35.6. The zero-order valence-electron chi connectivity index (χ0n) is 29.2. The van der Waals surface area contributed by atoms with Crippen LogP contribution in [-0.4, -0.2) is 56.0 Å². The molecule has 10 nitrogen and oxygen atoms in total. The van der Waals surface area contributed by atoms with Gasteiger partial charge in [-0.25, -0.2) is 9.78 Å². The number of benzene rings is 4. The van der Waals surface area contributed by atoms with Gasteiger partial charge in [-0.05, 0) is 60.4 Å². The van der Waals surface area contributed by atoms with Crippen LogP contribution in [0.4, 0.5) is 4.79 Å². The van der Waals surface area contributed by atoms with Gasteiger partial charge in [0.25, 0.3) is 5.88 Å². The maximum Gasteiger partial charge on any atom is 0.321 e. The number of aliphatic hydroxyl groups excluding tert-OH is 1. The Hall–Kier alpha value is -6.18. The largest absolute Gasteiger partial charge is 0.482 e. The van der Waals surface area contributed by atoms with E-state index < -0.39 is 12.5 Å². The first-order valence-electron chi connectivity index (χ1n) is 17.2. The van der Waals surface area contributed by atoms with E-state index in [-0.39, 0.29) is 24.7 Å². The lowest BCUT2D eigenvalue weighted by molar-refractivity contribution is -0.123. The first-order chi connectivity index (χ1) is 25.4. The van der Waals surface area contributed by atoms with Crippen LogP contribution < -0.4 is 14.8 Å². The van der Waals surface area contributed by atoms with Gasteiger partial charge < -0.3 is 29.7 Å². The molecule has 1 aromatic heterocycles. The SMILES string of the molecule is CC(C)N1C(=O)N(Cc2ncnc(OCc3ccccc3)c2OCc2ccccc2)CC1c1ccc(C#Cc2ccc(CNC(=O)CO)cc2)cc1. The first-order valence-corrected chi connectivity index (χ1v) is 17.2. The molecule has 1 saturated heterocycles. The van der Waals surface area contributed by atoms with Crippen LogP contribution in [0.1, 0.15) is 59.0 Å². The average molecular weight is 696 g/mol. The Morgan fingerprint density at radius 1 is 0.827 bits per heavy atom. The monoisotopic (exact) mass is 695 g/mol. The molecular formula is C42H41N5O5. The quantitative estimate of drug-likeness (QED) is 0.145. The lowest BCUT2D eigenvalue weighted by atomic mass is 10.0. The highest BCUT2D eigenvalue weighted by atomic mass is 16.5. The molecule has 6 rings (SSSR count). The Balaban J connectivity index is 1.17. The van der Waals surface area contributed by atoms with Crippen LogP contribution in [0.25, 0.3) is 0 Å². The number of aliphatic hydroxyl groups is 1. The fourth-order valence-corrected chi connectivity index (χ4v) is 5.93. The second-order valence-corrected chi connectivity index (χ2v) is 12.7. The number of ether oxygens (including phenoxy) is 2. The number of amides is 3. The van der Waals surface area contributed by atoms with E-state index in [0.717, 1.165) is 33.4 Å². The minimum absolute atomic E-state index is 0.0362. The maximum atomic E-state index is 13.9. The molecule has 1 unspecified atom stereocenters. The Morgan fingerprint density at radius 3 is 2.02 bits per heavy atom. The fraction of sp³-hybridized carbons (Fsp3) is 0.238. The molecule has 2 heterocycles. The maximum absolute atomic E-state index is 13.9. The van der Waals surface area contributed by atoms with Gasteiger partial charge in [-0.15, -0.1) is 0 Å². The number of hydrogen-bond acceptors (Lipinski definition) is 7. The summed E-state index contributed by atoms with van der Waals surface area (Å²) in [7, 11) is 0. The van der Waals surface area contributed by atoms with E-state index in [1.165, 1.54) is 6.33 Å². The summed E-state index contributed by atoms with van der Waals surface area (Å²) in [4.78, 5) is 38.0. The molecule has 0 saturated carbocycles. The van der Waals surface area contributed by atoms with Crippen molar-refractivity contribution in [2.24, 2.45) is 0 Å². The molecule has 1 atom stereocenters. The molecule has 10 heteroatoms. The van der Waals surface area contributed by atoms with Crippen molar-refractivity contribution in [3.8, 4) is 23.5 Å². The van der Waals surface area contributed by atoms with Gasteiger partial charge >= 0.3 is 6.03 Å². The van der Waals surface area contributed by atoms with Crippen molar-refractivity contribution in [2.45, 2.75) is 52.2 Å². The van der Waals surface area contributed by atoms with Crippen molar-refractivity contribution >= 4 is 11.9 Å². The third-order valence-corrected chi connectivity index (χ3v) is 8.64. The van der Waals surface area contributed by atoms with Crippen molar-refractivity contribution in [3.05, 3.63) is 155 Å². The third kappa shape index (κ3) is 9.13. The zero-order chi connectivity index (χ0) is 36.3. The minimum atomic E-state index is -0.533. The predicted octanol–water partition coefficient (Wildman–Crippen LogP) is 6.03. The normalized spacial score (nSPS) is 13.8. The summed E-state index contributed by atoms with van der Waals surface area (Å²) < 4.78 is 12.5. The van der Waals surface area contributed by atoms with Crippen molar-refractivity contribution < 1.29 is 24.2 Å². The Labute approximate surface area is 304 Å². The molecule has 1 fully saturated rings. The third-order valence-electron chi connectivity index (χ3n) is 8.64. The minimum Gasteiger partial charge on any atom is -0.482 e. The molecule has 3 amide bonds. The number of carbonyl (C=O) groups is 2. The van der Waals surface area contributed by atoms with Gasteiger partial charge in [0, 0.05) is 30.3 Å². The number of aromatic nitrogens is 2. The summed E-state index contributed by atoms with van der Waals surface area (Å²) in [5.74, 6) is 6.73.